The predicted molar refractivity (Wildman–Crippen MR) is 87.6 cm³/mol. The van der Waals surface area contributed by atoms with Crippen molar-refractivity contribution in [1.82, 2.24) is 9.97 Å². The summed E-state index contributed by atoms with van der Waals surface area (Å²) < 4.78 is 5.19. The van der Waals surface area contributed by atoms with Gasteiger partial charge in [0.15, 0.2) is 0 Å². The number of nitrogens with one attached hydrogen (secondary N) is 2. The number of ether oxygens (including phenoxy) is 1. The minimum atomic E-state index is 0.634. The van der Waals surface area contributed by atoms with E-state index < -0.39 is 0 Å². The molecular weight excluding hydrogens is 294 g/mol. The van der Waals surface area contributed by atoms with E-state index >= 15 is 0 Å². The van der Waals surface area contributed by atoms with Crippen LogP contribution in [0.1, 0.15) is 13.8 Å². The summed E-state index contributed by atoms with van der Waals surface area (Å²) in [6.07, 6.45) is 0. The van der Waals surface area contributed by atoms with Crippen LogP contribution in [0.5, 0.6) is 5.75 Å². The molecule has 0 saturated heterocycles. The summed E-state index contributed by atoms with van der Waals surface area (Å²) in [5.74, 6) is 1.42. The molecule has 0 radical (unpaired) electrons. The highest BCUT2D eigenvalue weighted by atomic mass is 35.5. The second kappa shape index (κ2) is 6.24. The van der Waals surface area contributed by atoms with Crippen LogP contribution in [0.25, 0.3) is 11.0 Å². The van der Waals surface area contributed by atoms with Gasteiger partial charge in [-0.1, -0.05) is 11.6 Å². The van der Waals surface area contributed by atoms with Crippen molar-refractivity contribution in [2.24, 2.45) is 0 Å². The van der Waals surface area contributed by atoms with Crippen LogP contribution in [0.4, 0.5) is 5.95 Å². The Morgan fingerprint density at radius 2 is 2.20 bits per heavy atom. The number of fused-ring (bicyclic) bond motifs is 1. The molecule has 1 heterocycles. The number of methoxy groups -OCH3 is 1. The molecule has 0 bridgehead atoms. The first-order valence-electron chi connectivity index (χ1n) is 6.03. The zero-order valence-electron chi connectivity index (χ0n) is 11.5. The quantitative estimate of drug-likeness (QED) is 0.583. The molecule has 0 amide bonds. The van der Waals surface area contributed by atoms with Gasteiger partial charge in [0.05, 0.1) is 23.8 Å². The number of imidazole rings is 1. The Hall–Kier alpha value is -1.59. The van der Waals surface area contributed by atoms with Crippen molar-refractivity contribution in [3.63, 3.8) is 0 Å². The number of anilines is 1. The lowest BCUT2D eigenvalue weighted by Gasteiger charge is -2.10. The van der Waals surface area contributed by atoms with Gasteiger partial charge in [-0.25, -0.2) is 4.98 Å². The fraction of sp³-hybridized carbons (Fsp3) is 0.214. The molecule has 1 aromatic heterocycles. The van der Waals surface area contributed by atoms with Crippen LogP contribution < -0.4 is 10.1 Å². The minimum Gasteiger partial charge on any atom is -0.497 e. The molecule has 6 heteroatoms. The standard InChI is InChI=1S/C14H16ClN3OS/c1-8(7-15)13(9(2)20)18-14-16-11-5-4-10(19-3)6-12(11)17-14/h4-7,20H,1-3H3,(H2,16,17,18)/b8-7+,13-9+. The Morgan fingerprint density at radius 1 is 1.45 bits per heavy atom. The molecule has 0 aliphatic carbocycles. The van der Waals surface area contributed by atoms with Crippen molar-refractivity contribution >= 4 is 41.2 Å². The van der Waals surface area contributed by atoms with Crippen LogP contribution in [-0.2, 0) is 0 Å². The second-order valence-corrected chi connectivity index (χ2v) is 5.24. The molecule has 2 rings (SSSR count). The van der Waals surface area contributed by atoms with Gasteiger partial charge in [0.25, 0.3) is 0 Å². The number of hydrogen-bond acceptors (Lipinski definition) is 4. The number of benzene rings is 1. The van der Waals surface area contributed by atoms with Gasteiger partial charge >= 0.3 is 0 Å². The van der Waals surface area contributed by atoms with Crippen molar-refractivity contribution in [3.05, 3.63) is 39.9 Å². The maximum Gasteiger partial charge on any atom is 0.205 e. The monoisotopic (exact) mass is 309 g/mol. The average Bonchev–Trinajstić information content (AvgIpc) is 2.84. The molecule has 0 spiro atoms. The van der Waals surface area contributed by atoms with E-state index in [1.165, 1.54) is 5.54 Å². The van der Waals surface area contributed by atoms with Crippen LogP contribution in [0, 0.1) is 0 Å². The Bertz CT molecular complexity index is 687. The Balaban J connectivity index is 2.36. The molecule has 0 aliphatic heterocycles. The summed E-state index contributed by atoms with van der Waals surface area (Å²) in [5, 5.41) is 3.20. The zero-order valence-corrected chi connectivity index (χ0v) is 13.1. The summed E-state index contributed by atoms with van der Waals surface area (Å²) in [4.78, 5) is 8.49. The molecule has 2 aromatic rings. The van der Waals surface area contributed by atoms with Crippen molar-refractivity contribution in [1.29, 1.82) is 0 Å². The van der Waals surface area contributed by atoms with Crippen molar-refractivity contribution in [3.8, 4) is 5.75 Å². The smallest absolute Gasteiger partial charge is 0.205 e. The summed E-state index contributed by atoms with van der Waals surface area (Å²) in [6, 6.07) is 5.67. The first-order chi connectivity index (χ1) is 9.55. The largest absolute Gasteiger partial charge is 0.497 e. The maximum absolute atomic E-state index is 5.76. The molecule has 1 aromatic carbocycles. The number of rotatable bonds is 4. The molecule has 20 heavy (non-hydrogen) atoms. The highest BCUT2D eigenvalue weighted by Gasteiger charge is 2.08. The first kappa shape index (κ1) is 14.8. The van der Waals surface area contributed by atoms with E-state index in [0.717, 1.165) is 33.0 Å². The molecule has 0 atom stereocenters. The summed E-state index contributed by atoms with van der Waals surface area (Å²) in [5.41, 5.74) is 4.98. The zero-order chi connectivity index (χ0) is 14.7. The lowest BCUT2D eigenvalue weighted by atomic mass is 10.2. The molecule has 2 N–H and O–H groups in total. The normalized spacial score (nSPS) is 13.3. The van der Waals surface area contributed by atoms with E-state index in [1.807, 2.05) is 32.0 Å². The van der Waals surface area contributed by atoms with Gasteiger partial charge in [0, 0.05) is 16.5 Å². The van der Waals surface area contributed by atoms with Crippen molar-refractivity contribution in [2.45, 2.75) is 13.8 Å². The lowest BCUT2D eigenvalue weighted by molar-refractivity contribution is 0.415. The number of aromatic nitrogens is 2. The van der Waals surface area contributed by atoms with E-state index in [4.69, 9.17) is 16.3 Å². The van der Waals surface area contributed by atoms with Gasteiger partial charge in [0.1, 0.15) is 5.75 Å². The van der Waals surface area contributed by atoms with Gasteiger partial charge in [-0.15, -0.1) is 12.6 Å². The SMILES string of the molecule is COc1ccc2nc(NC(/C(C)=C/Cl)=C(\C)S)[nH]c2c1. The van der Waals surface area contributed by atoms with E-state index in [9.17, 15) is 0 Å². The molecule has 0 aliphatic rings. The topological polar surface area (TPSA) is 49.9 Å². The third-order valence-corrected chi connectivity index (χ3v) is 3.40. The van der Waals surface area contributed by atoms with E-state index in [0.29, 0.717) is 5.95 Å². The maximum atomic E-state index is 5.76. The number of aromatic amines is 1. The molecule has 0 saturated carbocycles. The van der Waals surface area contributed by atoms with Crippen molar-refractivity contribution in [2.75, 3.05) is 12.4 Å². The third-order valence-electron chi connectivity index (χ3n) is 2.85. The highest BCUT2D eigenvalue weighted by Crippen LogP contribution is 2.23. The van der Waals surface area contributed by atoms with Gasteiger partial charge in [-0.05, 0) is 31.6 Å². The predicted octanol–water partition coefficient (Wildman–Crippen LogP) is 4.29. The highest BCUT2D eigenvalue weighted by molar-refractivity contribution is 7.84. The number of halogens is 1. The minimum absolute atomic E-state index is 0.634. The van der Waals surface area contributed by atoms with Crippen LogP contribution >= 0.6 is 24.2 Å². The Labute approximate surface area is 128 Å². The first-order valence-corrected chi connectivity index (χ1v) is 6.91. The summed E-state index contributed by atoms with van der Waals surface area (Å²) in [6.45, 7) is 3.79. The van der Waals surface area contributed by atoms with Gasteiger partial charge in [-0.2, -0.15) is 0 Å². The number of hydrogen-bond donors (Lipinski definition) is 3. The molecular formula is C14H16ClN3OS. The average molecular weight is 310 g/mol. The fourth-order valence-corrected chi connectivity index (χ4v) is 2.16. The van der Waals surface area contributed by atoms with Crippen LogP contribution in [0.15, 0.2) is 39.9 Å². The van der Waals surface area contributed by atoms with E-state index in [2.05, 4.69) is 27.9 Å². The van der Waals surface area contributed by atoms with Crippen molar-refractivity contribution < 1.29 is 4.74 Å². The number of nitrogens with zero attached hydrogens (tertiary/aromatic N) is 1. The Morgan fingerprint density at radius 3 is 2.80 bits per heavy atom. The summed E-state index contributed by atoms with van der Waals surface area (Å²) in [7, 11) is 1.64. The molecule has 106 valence electrons. The van der Waals surface area contributed by atoms with E-state index in [-0.39, 0.29) is 0 Å². The number of thiol groups is 1. The van der Waals surface area contributed by atoms with Crippen LogP contribution in [0.2, 0.25) is 0 Å². The number of H-pyrrole nitrogens is 1. The third kappa shape index (κ3) is 3.11. The Kier molecular flexibility index (Phi) is 4.62. The lowest BCUT2D eigenvalue weighted by Crippen LogP contribution is -2.03. The van der Waals surface area contributed by atoms with Gasteiger partial charge in [0.2, 0.25) is 5.95 Å². The second-order valence-electron chi connectivity index (χ2n) is 4.35. The van der Waals surface area contributed by atoms with Crippen LogP contribution in [-0.4, -0.2) is 17.1 Å². The van der Waals surface area contributed by atoms with E-state index in [1.54, 1.807) is 7.11 Å². The number of allylic oxidation sites excluding steroid dienone is 2. The molecule has 0 unspecified atom stereocenters. The molecule has 4 nitrogen and oxygen atoms in total. The molecule has 0 fully saturated rings. The van der Waals surface area contributed by atoms with Gasteiger partial charge < -0.3 is 15.0 Å². The summed E-state index contributed by atoms with van der Waals surface area (Å²) >= 11 is 10.1. The van der Waals surface area contributed by atoms with Gasteiger partial charge in [-0.3, -0.25) is 0 Å². The fourth-order valence-electron chi connectivity index (χ4n) is 1.82. The van der Waals surface area contributed by atoms with Crippen LogP contribution in [0.3, 0.4) is 0 Å².